The van der Waals surface area contributed by atoms with Crippen LogP contribution in [-0.4, -0.2) is 16.9 Å². The molecule has 3 nitrogen and oxygen atoms in total. The first kappa shape index (κ1) is 11.8. The van der Waals surface area contributed by atoms with Crippen LogP contribution in [0.5, 0.6) is 0 Å². The Labute approximate surface area is 103 Å². The fraction of sp³-hybridized carbons (Fsp3) is 0.231. The van der Waals surface area contributed by atoms with Crippen LogP contribution < -0.4 is 0 Å². The SMILES string of the molecule is CC(CC(=O)c1cc2ccccc2s1)C(=O)O. The number of carboxylic acids is 1. The van der Waals surface area contributed by atoms with E-state index in [1.54, 1.807) is 6.92 Å². The Morgan fingerprint density at radius 1 is 1.35 bits per heavy atom. The third-order valence-corrected chi connectivity index (χ3v) is 3.77. The molecule has 0 aliphatic carbocycles. The Balaban J connectivity index is 2.22. The maximum Gasteiger partial charge on any atom is 0.306 e. The Bertz CT molecular complexity index is 538. The van der Waals surface area contributed by atoms with Gasteiger partial charge in [0.05, 0.1) is 10.8 Å². The predicted molar refractivity (Wildman–Crippen MR) is 67.6 cm³/mol. The fourth-order valence-electron chi connectivity index (χ4n) is 1.59. The van der Waals surface area contributed by atoms with Crippen LogP contribution in [0.1, 0.15) is 23.0 Å². The van der Waals surface area contributed by atoms with Gasteiger partial charge in [-0.05, 0) is 17.5 Å². The Morgan fingerprint density at radius 3 is 2.71 bits per heavy atom. The lowest BCUT2D eigenvalue weighted by atomic mass is 10.0. The summed E-state index contributed by atoms with van der Waals surface area (Å²) in [5.41, 5.74) is 0. The van der Waals surface area contributed by atoms with Crippen LogP contribution in [-0.2, 0) is 4.79 Å². The number of ketones is 1. The topological polar surface area (TPSA) is 54.4 Å². The second kappa shape index (κ2) is 4.67. The second-order valence-corrected chi connectivity index (χ2v) is 5.10. The van der Waals surface area contributed by atoms with Crippen molar-refractivity contribution in [1.82, 2.24) is 0 Å². The van der Waals surface area contributed by atoms with Crippen LogP contribution in [0, 0.1) is 5.92 Å². The summed E-state index contributed by atoms with van der Waals surface area (Å²) in [6.07, 6.45) is 0.0577. The summed E-state index contributed by atoms with van der Waals surface area (Å²) in [4.78, 5) is 23.2. The second-order valence-electron chi connectivity index (χ2n) is 4.02. The van der Waals surface area contributed by atoms with E-state index in [1.807, 2.05) is 30.3 Å². The smallest absolute Gasteiger partial charge is 0.306 e. The number of fused-ring (bicyclic) bond motifs is 1. The molecule has 88 valence electrons. The molecule has 0 bridgehead atoms. The van der Waals surface area contributed by atoms with Gasteiger partial charge in [0.15, 0.2) is 5.78 Å². The Hall–Kier alpha value is -1.68. The highest BCUT2D eigenvalue weighted by Crippen LogP contribution is 2.26. The van der Waals surface area contributed by atoms with Gasteiger partial charge in [0, 0.05) is 11.1 Å². The molecule has 1 heterocycles. The summed E-state index contributed by atoms with van der Waals surface area (Å²) < 4.78 is 1.05. The number of carbonyl (C=O) groups is 2. The summed E-state index contributed by atoms with van der Waals surface area (Å²) in [5, 5.41) is 9.80. The van der Waals surface area contributed by atoms with Crippen LogP contribution in [0.25, 0.3) is 10.1 Å². The first-order chi connectivity index (χ1) is 8.08. The molecule has 0 aliphatic heterocycles. The van der Waals surface area contributed by atoms with Crippen molar-refractivity contribution in [3.8, 4) is 0 Å². The van der Waals surface area contributed by atoms with Crippen molar-refractivity contribution in [2.75, 3.05) is 0 Å². The highest BCUT2D eigenvalue weighted by Gasteiger charge is 2.18. The lowest BCUT2D eigenvalue weighted by Crippen LogP contribution is -2.13. The highest BCUT2D eigenvalue weighted by atomic mass is 32.1. The Morgan fingerprint density at radius 2 is 2.06 bits per heavy atom. The molecule has 1 unspecified atom stereocenters. The minimum absolute atomic E-state index is 0.0577. The quantitative estimate of drug-likeness (QED) is 0.845. The zero-order valence-electron chi connectivity index (χ0n) is 9.34. The molecule has 17 heavy (non-hydrogen) atoms. The largest absolute Gasteiger partial charge is 0.481 e. The van der Waals surface area contributed by atoms with Gasteiger partial charge in [-0.3, -0.25) is 9.59 Å². The van der Waals surface area contributed by atoms with Gasteiger partial charge in [-0.2, -0.15) is 0 Å². The van der Waals surface area contributed by atoms with Gasteiger partial charge in [0.2, 0.25) is 0 Å². The normalized spacial score (nSPS) is 12.5. The molecule has 0 radical (unpaired) electrons. The standard InChI is InChI=1S/C13H12O3S/c1-8(13(15)16)6-10(14)12-7-9-4-2-3-5-11(9)17-12/h2-5,7-8H,6H2,1H3,(H,15,16). The number of carboxylic acid groups (broad SMARTS) is 1. The van der Waals surface area contributed by atoms with Gasteiger partial charge >= 0.3 is 5.97 Å². The number of carbonyl (C=O) groups excluding carboxylic acids is 1. The third-order valence-electron chi connectivity index (χ3n) is 2.61. The molecule has 1 N–H and O–H groups in total. The lowest BCUT2D eigenvalue weighted by molar-refractivity contribution is -0.141. The van der Waals surface area contributed by atoms with Gasteiger partial charge in [-0.15, -0.1) is 11.3 Å². The van der Waals surface area contributed by atoms with E-state index in [1.165, 1.54) is 11.3 Å². The summed E-state index contributed by atoms with van der Waals surface area (Å²) >= 11 is 1.42. The van der Waals surface area contributed by atoms with Gasteiger partial charge in [-0.1, -0.05) is 25.1 Å². The molecular weight excluding hydrogens is 236 g/mol. The minimum atomic E-state index is -0.931. The maximum absolute atomic E-state index is 11.9. The van der Waals surface area contributed by atoms with E-state index in [0.29, 0.717) is 4.88 Å². The molecule has 0 saturated carbocycles. The number of hydrogen-bond donors (Lipinski definition) is 1. The zero-order chi connectivity index (χ0) is 12.4. The molecule has 4 heteroatoms. The summed E-state index contributed by atoms with van der Waals surface area (Å²) in [6, 6.07) is 9.58. The van der Waals surface area contributed by atoms with Crippen LogP contribution in [0.15, 0.2) is 30.3 Å². The zero-order valence-corrected chi connectivity index (χ0v) is 10.2. The molecule has 0 amide bonds. The number of Topliss-reactive ketones (excluding diaryl/α,β-unsaturated/α-hetero) is 1. The number of rotatable bonds is 4. The summed E-state index contributed by atoms with van der Waals surface area (Å²) in [5.74, 6) is -1.66. The van der Waals surface area contributed by atoms with E-state index in [0.717, 1.165) is 10.1 Å². The van der Waals surface area contributed by atoms with Gasteiger partial charge < -0.3 is 5.11 Å². The van der Waals surface area contributed by atoms with E-state index in [-0.39, 0.29) is 12.2 Å². The van der Waals surface area contributed by atoms with E-state index in [2.05, 4.69) is 0 Å². The molecule has 1 aromatic heterocycles. The fourth-order valence-corrected chi connectivity index (χ4v) is 2.60. The molecule has 0 saturated heterocycles. The number of hydrogen-bond acceptors (Lipinski definition) is 3. The minimum Gasteiger partial charge on any atom is -0.481 e. The highest BCUT2D eigenvalue weighted by molar-refractivity contribution is 7.20. The van der Waals surface area contributed by atoms with Crippen LogP contribution in [0.2, 0.25) is 0 Å². The van der Waals surface area contributed by atoms with Crippen molar-refractivity contribution in [2.45, 2.75) is 13.3 Å². The number of benzene rings is 1. The van der Waals surface area contributed by atoms with Gasteiger partial charge in [0.25, 0.3) is 0 Å². The van der Waals surface area contributed by atoms with Crippen molar-refractivity contribution in [1.29, 1.82) is 0 Å². The third kappa shape index (κ3) is 2.53. The van der Waals surface area contributed by atoms with Crippen molar-refractivity contribution in [3.05, 3.63) is 35.2 Å². The molecule has 0 fully saturated rings. The van der Waals surface area contributed by atoms with Crippen LogP contribution in [0.3, 0.4) is 0 Å². The van der Waals surface area contributed by atoms with Crippen molar-refractivity contribution in [2.24, 2.45) is 5.92 Å². The van der Waals surface area contributed by atoms with Crippen LogP contribution in [0.4, 0.5) is 0 Å². The van der Waals surface area contributed by atoms with E-state index in [9.17, 15) is 9.59 Å². The molecular formula is C13H12O3S. The average molecular weight is 248 g/mol. The average Bonchev–Trinajstić information content (AvgIpc) is 2.72. The first-order valence-electron chi connectivity index (χ1n) is 5.32. The van der Waals surface area contributed by atoms with E-state index < -0.39 is 11.9 Å². The summed E-state index contributed by atoms with van der Waals surface area (Å²) in [7, 11) is 0. The van der Waals surface area contributed by atoms with Crippen molar-refractivity contribution >= 4 is 33.2 Å². The number of thiophene rings is 1. The first-order valence-corrected chi connectivity index (χ1v) is 6.14. The summed E-state index contributed by atoms with van der Waals surface area (Å²) in [6.45, 7) is 1.55. The molecule has 1 aromatic carbocycles. The molecule has 2 rings (SSSR count). The number of aliphatic carboxylic acids is 1. The predicted octanol–water partition coefficient (Wildman–Crippen LogP) is 3.19. The van der Waals surface area contributed by atoms with Crippen LogP contribution >= 0.6 is 11.3 Å². The van der Waals surface area contributed by atoms with E-state index in [4.69, 9.17) is 5.11 Å². The monoisotopic (exact) mass is 248 g/mol. The molecule has 0 spiro atoms. The van der Waals surface area contributed by atoms with Crippen molar-refractivity contribution in [3.63, 3.8) is 0 Å². The molecule has 2 aromatic rings. The lowest BCUT2D eigenvalue weighted by Gasteiger charge is -2.02. The molecule has 1 atom stereocenters. The van der Waals surface area contributed by atoms with Gasteiger partial charge in [-0.25, -0.2) is 0 Å². The Kier molecular flexibility index (Phi) is 3.24. The maximum atomic E-state index is 11.9. The molecule has 0 aliphatic rings. The van der Waals surface area contributed by atoms with E-state index >= 15 is 0 Å². The van der Waals surface area contributed by atoms with Crippen molar-refractivity contribution < 1.29 is 14.7 Å². The van der Waals surface area contributed by atoms with Gasteiger partial charge in [0.1, 0.15) is 0 Å².